The molecule has 0 bridgehead atoms. The van der Waals surface area contributed by atoms with Crippen molar-refractivity contribution in [2.24, 2.45) is 17.3 Å². The predicted molar refractivity (Wildman–Crippen MR) is 82.6 cm³/mol. The molecule has 0 aromatic rings. The molecule has 6 nitrogen and oxygen atoms in total. The third kappa shape index (κ3) is 3.91. The lowest BCUT2D eigenvalue weighted by Gasteiger charge is -2.32. The average molecular weight is 312 g/mol. The number of likely N-dealkylation sites (tertiary alicyclic amines) is 1. The maximum atomic E-state index is 12.2. The first kappa shape index (κ1) is 17.1. The zero-order valence-electron chi connectivity index (χ0n) is 13.8. The first-order chi connectivity index (χ1) is 10.3. The van der Waals surface area contributed by atoms with Gasteiger partial charge in [-0.05, 0) is 38.0 Å². The monoisotopic (exact) mass is 312 g/mol. The summed E-state index contributed by atoms with van der Waals surface area (Å²) in [7, 11) is 0. The third-order valence-electron chi connectivity index (χ3n) is 4.99. The molecule has 22 heavy (non-hydrogen) atoms. The molecule has 0 aromatic heterocycles. The quantitative estimate of drug-likeness (QED) is 0.831. The third-order valence-corrected chi connectivity index (χ3v) is 4.99. The van der Waals surface area contributed by atoms with Crippen LogP contribution in [-0.4, -0.2) is 54.4 Å². The van der Waals surface area contributed by atoms with E-state index in [2.05, 4.69) is 19.2 Å². The number of carboxylic acids is 1. The van der Waals surface area contributed by atoms with Crippen LogP contribution in [0.1, 0.15) is 40.0 Å². The zero-order valence-corrected chi connectivity index (χ0v) is 13.8. The summed E-state index contributed by atoms with van der Waals surface area (Å²) in [4.78, 5) is 25.0. The molecule has 2 fully saturated rings. The smallest absolute Gasteiger partial charge is 0.317 e. The van der Waals surface area contributed by atoms with Crippen molar-refractivity contribution in [1.29, 1.82) is 0 Å². The van der Waals surface area contributed by atoms with Crippen LogP contribution >= 0.6 is 0 Å². The van der Waals surface area contributed by atoms with E-state index < -0.39 is 11.4 Å². The number of hydrogen-bond donors (Lipinski definition) is 2. The van der Waals surface area contributed by atoms with Gasteiger partial charge in [-0.2, -0.15) is 0 Å². The van der Waals surface area contributed by atoms with Gasteiger partial charge in [-0.25, -0.2) is 4.79 Å². The highest BCUT2D eigenvalue weighted by atomic mass is 16.5. The Bertz CT molecular complexity index is 426. The van der Waals surface area contributed by atoms with Gasteiger partial charge in [0.25, 0.3) is 0 Å². The maximum absolute atomic E-state index is 12.2. The molecule has 2 aliphatic rings. The van der Waals surface area contributed by atoms with E-state index in [0.717, 1.165) is 19.4 Å². The van der Waals surface area contributed by atoms with Gasteiger partial charge in [0.15, 0.2) is 0 Å². The van der Waals surface area contributed by atoms with Crippen LogP contribution in [0.2, 0.25) is 0 Å². The lowest BCUT2D eigenvalue weighted by Crippen LogP contribution is -2.44. The molecule has 0 radical (unpaired) electrons. The largest absolute Gasteiger partial charge is 0.481 e. The van der Waals surface area contributed by atoms with Crippen LogP contribution in [0.4, 0.5) is 4.79 Å². The fourth-order valence-electron chi connectivity index (χ4n) is 3.20. The van der Waals surface area contributed by atoms with Crippen molar-refractivity contribution in [2.45, 2.75) is 46.1 Å². The van der Waals surface area contributed by atoms with Crippen LogP contribution in [0.3, 0.4) is 0 Å². The number of nitrogens with one attached hydrogen (secondary N) is 1. The van der Waals surface area contributed by atoms with Crippen LogP contribution in [0.5, 0.6) is 0 Å². The van der Waals surface area contributed by atoms with Crippen molar-refractivity contribution >= 4 is 12.0 Å². The van der Waals surface area contributed by atoms with Gasteiger partial charge in [0.05, 0.1) is 11.5 Å². The molecule has 6 heteroatoms. The number of hydrogen-bond acceptors (Lipinski definition) is 3. The molecule has 3 unspecified atom stereocenters. The molecule has 0 spiro atoms. The Labute approximate surface area is 132 Å². The number of rotatable bonds is 4. The minimum Gasteiger partial charge on any atom is -0.481 e. The topological polar surface area (TPSA) is 78.9 Å². The molecular formula is C16H28N2O4. The molecule has 0 aromatic carbocycles. The van der Waals surface area contributed by atoms with Gasteiger partial charge in [0.2, 0.25) is 0 Å². The second kappa shape index (κ2) is 6.86. The summed E-state index contributed by atoms with van der Waals surface area (Å²) in [6, 6.07) is -0.141. The van der Waals surface area contributed by atoms with E-state index in [9.17, 15) is 14.7 Å². The molecule has 126 valence electrons. The van der Waals surface area contributed by atoms with Gasteiger partial charge in [0, 0.05) is 26.2 Å². The first-order valence-electron chi connectivity index (χ1n) is 8.19. The Hall–Kier alpha value is -1.30. The number of nitrogens with zero attached hydrogens (tertiary/aromatic N) is 1. The van der Waals surface area contributed by atoms with E-state index in [-0.39, 0.29) is 18.7 Å². The minimum absolute atomic E-state index is 0.141. The van der Waals surface area contributed by atoms with E-state index in [4.69, 9.17) is 4.74 Å². The predicted octanol–water partition coefficient (Wildman–Crippen LogP) is 1.94. The van der Waals surface area contributed by atoms with Gasteiger partial charge >= 0.3 is 12.0 Å². The lowest BCUT2D eigenvalue weighted by atomic mass is 9.90. The van der Waals surface area contributed by atoms with Crippen molar-refractivity contribution in [1.82, 2.24) is 10.2 Å². The summed E-state index contributed by atoms with van der Waals surface area (Å²) in [5.74, 6) is 0.110. The number of carboxylic acid groups (broad SMARTS) is 1. The van der Waals surface area contributed by atoms with E-state index in [1.807, 2.05) is 0 Å². The van der Waals surface area contributed by atoms with Gasteiger partial charge in [-0.3, -0.25) is 4.79 Å². The Morgan fingerprint density at radius 3 is 2.77 bits per heavy atom. The van der Waals surface area contributed by atoms with Crippen LogP contribution in [0, 0.1) is 17.3 Å². The molecule has 2 aliphatic heterocycles. The van der Waals surface area contributed by atoms with E-state index in [1.54, 1.807) is 11.8 Å². The van der Waals surface area contributed by atoms with Crippen LogP contribution in [0.25, 0.3) is 0 Å². The van der Waals surface area contributed by atoms with Crippen LogP contribution in [-0.2, 0) is 9.53 Å². The summed E-state index contributed by atoms with van der Waals surface area (Å²) in [5, 5.41) is 12.2. The number of carbonyl (C=O) groups is 2. The van der Waals surface area contributed by atoms with Gasteiger partial charge in [-0.15, -0.1) is 0 Å². The number of carbonyl (C=O) groups excluding carboxylic acids is 1. The molecule has 0 aliphatic carbocycles. The molecule has 2 amide bonds. The second-order valence-corrected chi connectivity index (χ2v) is 7.27. The molecular weight excluding hydrogens is 284 g/mol. The van der Waals surface area contributed by atoms with Gasteiger partial charge in [-0.1, -0.05) is 13.8 Å². The highest BCUT2D eigenvalue weighted by molar-refractivity contribution is 5.79. The fraction of sp³-hybridized carbons (Fsp3) is 0.875. The molecule has 2 heterocycles. The fourth-order valence-corrected chi connectivity index (χ4v) is 3.20. The van der Waals surface area contributed by atoms with E-state index >= 15 is 0 Å². The SMILES string of the molecule is CC(C)C1CC(CNC(=O)N2CCC(C)(C(=O)O)C2)CCO1. The minimum atomic E-state index is -0.827. The van der Waals surface area contributed by atoms with Crippen molar-refractivity contribution in [3.8, 4) is 0 Å². The number of urea groups is 1. The van der Waals surface area contributed by atoms with Gasteiger partial charge in [0.1, 0.15) is 0 Å². The molecule has 0 saturated carbocycles. The molecule has 2 saturated heterocycles. The van der Waals surface area contributed by atoms with Crippen molar-refractivity contribution in [3.05, 3.63) is 0 Å². The van der Waals surface area contributed by atoms with Crippen molar-refractivity contribution in [2.75, 3.05) is 26.2 Å². The van der Waals surface area contributed by atoms with E-state index in [0.29, 0.717) is 31.3 Å². The zero-order chi connectivity index (χ0) is 16.3. The normalized spacial score (nSPS) is 32.3. The average Bonchev–Trinajstić information content (AvgIpc) is 2.89. The standard InChI is InChI=1S/C16H28N2O4/c1-11(2)13-8-12(4-7-22-13)9-17-15(21)18-6-5-16(3,10-18)14(19)20/h11-13H,4-10H2,1-3H3,(H,17,21)(H,19,20). The highest BCUT2D eigenvalue weighted by Crippen LogP contribution is 2.30. The second-order valence-electron chi connectivity index (χ2n) is 7.27. The van der Waals surface area contributed by atoms with Crippen LogP contribution in [0.15, 0.2) is 0 Å². The Balaban J connectivity index is 1.78. The van der Waals surface area contributed by atoms with E-state index in [1.165, 1.54) is 0 Å². The Kier molecular flexibility index (Phi) is 5.32. The molecule has 2 N–H and O–H groups in total. The summed E-state index contributed by atoms with van der Waals surface area (Å²) in [5.41, 5.74) is -0.807. The first-order valence-corrected chi connectivity index (χ1v) is 8.19. The Morgan fingerprint density at radius 1 is 1.45 bits per heavy atom. The summed E-state index contributed by atoms with van der Waals surface area (Å²) in [6.07, 6.45) is 2.74. The summed E-state index contributed by atoms with van der Waals surface area (Å²) in [6.45, 7) is 8.21. The summed E-state index contributed by atoms with van der Waals surface area (Å²) < 4.78 is 5.74. The Morgan fingerprint density at radius 2 is 2.18 bits per heavy atom. The maximum Gasteiger partial charge on any atom is 0.317 e. The number of amides is 2. The molecule has 2 rings (SSSR count). The summed E-state index contributed by atoms with van der Waals surface area (Å²) >= 11 is 0. The highest BCUT2D eigenvalue weighted by Gasteiger charge is 2.42. The van der Waals surface area contributed by atoms with Crippen LogP contribution < -0.4 is 5.32 Å². The number of aliphatic carboxylic acids is 1. The lowest BCUT2D eigenvalue weighted by molar-refractivity contribution is -0.147. The van der Waals surface area contributed by atoms with Crippen molar-refractivity contribution in [3.63, 3.8) is 0 Å². The van der Waals surface area contributed by atoms with Crippen molar-refractivity contribution < 1.29 is 19.4 Å². The number of ether oxygens (including phenoxy) is 1. The van der Waals surface area contributed by atoms with Gasteiger partial charge < -0.3 is 20.1 Å². The molecule has 3 atom stereocenters.